The first-order valence-electron chi connectivity index (χ1n) is 12.1. The van der Waals surface area contributed by atoms with E-state index in [1.807, 2.05) is 23.7 Å². The van der Waals surface area contributed by atoms with Crippen LogP contribution >= 0.6 is 0 Å². The maximum Gasteiger partial charge on any atom is 0.278 e. The highest BCUT2D eigenvalue weighted by Gasteiger charge is 2.27. The molecule has 0 amide bonds. The van der Waals surface area contributed by atoms with Gasteiger partial charge in [-0.15, -0.1) is 0 Å². The number of nitrogens with zero attached hydrogens (tertiary/aromatic N) is 5. The second kappa shape index (κ2) is 8.30. The molecule has 0 atom stereocenters. The molecule has 0 saturated carbocycles. The Labute approximate surface area is 205 Å². The Morgan fingerprint density at radius 3 is 2.69 bits per heavy atom. The van der Waals surface area contributed by atoms with Crippen LogP contribution in [0.25, 0.3) is 16.7 Å². The third-order valence-corrected chi connectivity index (χ3v) is 6.70. The SMILES string of the molecule is CCn1c(=O)c2cnc(Nc3ccc4c(c3)CNCC4(C)C)nc2n1-c1ccnc(C(C)(C)C)c1. The molecule has 5 rings (SSSR count). The van der Waals surface area contributed by atoms with Crippen LogP contribution in [0.2, 0.25) is 0 Å². The van der Waals surface area contributed by atoms with Crippen molar-refractivity contribution >= 4 is 22.7 Å². The summed E-state index contributed by atoms with van der Waals surface area (Å²) in [5, 5.41) is 7.33. The molecule has 1 aliphatic rings. The largest absolute Gasteiger partial charge is 0.324 e. The molecule has 0 unspecified atom stereocenters. The standard InChI is InChI=1S/C27H33N7O/c1-7-33-24(35)20-15-30-25(31-18-8-9-21-17(12-18)14-28-16-27(21,5)6)32-23(20)34(33)19-10-11-29-22(13-19)26(2,3)4/h8-13,15,28H,7,14,16H2,1-6H3,(H,30,31,32). The van der Waals surface area contributed by atoms with Crippen molar-refractivity contribution in [3.05, 3.63) is 69.9 Å². The number of anilines is 2. The number of nitrogens with one attached hydrogen (secondary N) is 2. The maximum atomic E-state index is 13.1. The third-order valence-electron chi connectivity index (χ3n) is 6.70. The van der Waals surface area contributed by atoms with Crippen LogP contribution in [0.15, 0.2) is 47.5 Å². The van der Waals surface area contributed by atoms with E-state index < -0.39 is 0 Å². The lowest BCUT2D eigenvalue weighted by Gasteiger charge is -2.33. The van der Waals surface area contributed by atoms with Crippen LogP contribution < -0.4 is 16.2 Å². The van der Waals surface area contributed by atoms with Gasteiger partial charge in [0.05, 0.1) is 5.69 Å². The van der Waals surface area contributed by atoms with Gasteiger partial charge in [-0.05, 0) is 42.3 Å². The first-order chi connectivity index (χ1) is 16.6. The normalized spacial score (nSPS) is 15.3. The molecule has 2 N–H and O–H groups in total. The smallest absolute Gasteiger partial charge is 0.278 e. The van der Waals surface area contributed by atoms with E-state index >= 15 is 0 Å². The molecule has 0 fully saturated rings. The van der Waals surface area contributed by atoms with E-state index in [1.165, 1.54) is 11.1 Å². The summed E-state index contributed by atoms with van der Waals surface area (Å²) < 4.78 is 3.57. The Balaban J connectivity index is 1.59. The maximum absolute atomic E-state index is 13.1. The number of rotatable bonds is 4. The van der Waals surface area contributed by atoms with Crippen molar-refractivity contribution in [2.75, 3.05) is 11.9 Å². The van der Waals surface area contributed by atoms with Crippen LogP contribution in [0.5, 0.6) is 0 Å². The lowest BCUT2D eigenvalue weighted by atomic mass is 9.79. The second-order valence-corrected chi connectivity index (χ2v) is 10.9. The molecule has 3 aromatic heterocycles. The van der Waals surface area contributed by atoms with Gasteiger partial charge < -0.3 is 10.6 Å². The molecule has 0 bridgehead atoms. The Hall–Kier alpha value is -3.52. The minimum Gasteiger partial charge on any atom is -0.324 e. The molecule has 0 spiro atoms. The van der Waals surface area contributed by atoms with Gasteiger partial charge >= 0.3 is 0 Å². The first kappa shape index (κ1) is 23.2. The number of hydrogen-bond donors (Lipinski definition) is 2. The Bertz CT molecular complexity index is 1470. The van der Waals surface area contributed by atoms with Crippen molar-refractivity contribution in [3.8, 4) is 5.69 Å². The summed E-state index contributed by atoms with van der Waals surface area (Å²) in [5.74, 6) is 0.451. The van der Waals surface area contributed by atoms with E-state index in [2.05, 4.69) is 73.4 Å². The lowest BCUT2D eigenvalue weighted by molar-refractivity contribution is 0.435. The van der Waals surface area contributed by atoms with Crippen LogP contribution in [0.3, 0.4) is 0 Å². The van der Waals surface area contributed by atoms with Crippen molar-refractivity contribution < 1.29 is 0 Å². The van der Waals surface area contributed by atoms with Crippen LogP contribution in [-0.4, -0.2) is 30.9 Å². The van der Waals surface area contributed by atoms with Crippen LogP contribution in [0, 0.1) is 0 Å². The van der Waals surface area contributed by atoms with Crippen molar-refractivity contribution in [2.45, 2.75) is 65.5 Å². The number of aromatic nitrogens is 5. The van der Waals surface area contributed by atoms with Crippen molar-refractivity contribution in [1.82, 2.24) is 29.6 Å². The predicted octanol–water partition coefficient (Wildman–Crippen LogP) is 4.42. The average Bonchev–Trinajstić information content (AvgIpc) is 3.09. The molecular weight excluding hydrogens is 438 g/mol. The number of benzene rings is 1. The molecule has 1 aliphatic heterocycles. The highest BCUT2D eigenvalue weighted by Crippen LogP contribution is 2.32. The first-order valence-corrected chi connectivity index (χ1v) is 12.1. The zero-order valence-corrected chi connectivity index (χ0v) is 21.3. The second-order valence-electron chi connectivity index (χ2n) is 10.9. The van der Waals surface area contributed by atoms with E-state index in [0.717, 1.165) is 30.2 Å². The van der Waals surface area contributed by atoms with Crippen LogP contribution in [0.1, 0.15) is 58.4 Å². The van der Waals surface area contributed by atoms with Crippen LogP contribution in [0.4, 0.5) is 11.6 Å². The van der Waals surface area contributed by atoms with E-state index in [1.54, 1.807) is 17.1 Å². The molecular formula is C27H33N7O. The van der Waals surface area contributed by atoms with E-state index in [0.29, 0.717) is 23.5 Å². The van der Waals surface area contributed by atoms with Crippen molar-refractivity contribution in [2.24, 2.45) is 0 Å². The summed E-state index contributed by atoms with van der Waals surface area (Å²) in [6.07, 6.45) is 3.40. The number of pyridine rings is 1. The van der Waals surface area contributed by atoms with Crippen molar-refractivity contribution in [1.29, 1.82) is 0 Å². The topological polar surface area (TPSA) is 89.7 Å². The molecule has 0 radical (unpaired) electrons. The summed E-state index contributed by atoms with van der Waals surface area (Å²) in [5.41, 5.74) is 5.80. The molecule has 4 heterocycles. The molecule has 182 valence electrons. The highest BCUT2D eigenvalue weighted by atomic mass is 16.1. The van der Waals surface area contributed by atoms with Crippen molar-refractivity contribution in [3.63, 3.8) is 0 Å². The fourth-order valence-corrected chi connectivity index (χ4v) is 4.81. The summed E-state index contributed by atoms with van der Waals surface area (Å²) in [7, 11) is 0. The van der Waals surface area contributed by atoms with Gasteiger partial charge in [0, 0.05) is 54.2 Å². The van der Waals surface area contributed by atoms with Crippen LogP contribution in [-0.2, 0) is 23.9 Å². The molecule has 0 aliphatic carbocycles. The third kappa shape index (κ3) is 4.12. The molecule has 1 aromatic carbocycles. The fourth-order valence-electron chi connectivity index (χ4n) is 4.81. The van der Waals surface area contributed by atoms with Gasteiger partial charge in [0.25, 0.3) is 5.56 Å². The minimum atomic E-state index is -0.117. The van der Waals surface area contributed by atoms with E-state index in [9.17, 15) is 4.79 Å². The fraction of sp³-hybridized carbons (Fsp3) is 0.407. The average molecular weight is 472 g/mol. The number of fused-ring (bicyclic) bond motifs is 2. The summed E-state index contributed by atoms with van der Waals surface area (Å²) in [4.78, 5) is 27.0. The quantitative estimate of drug-likeness (QED) is 0.458. The van der Waals surface area contributed by atoms with E-state index in [-0.39, 0.29) is 16.4 Å². The van der Waals surface area contributed by atoms with Gasteiger partial charge in [0.15, 0.2) is 5.65 Å². The van der Waals surface area contributed by atoms with Gasteiger partial charge in [-0.1, -0.05) is 40.7 Å². The monoisotopic (exact) mass is 471 g/mol. The van der Waals surface area contributed by atoms with Gasteiger partial charge in [-0.25, -0.2) is 14.3 Å². The zero-order valence-electron chi connectivity index (χ0n) is 21.3. The summed E-state index contributed by atoms with van der Waals surface area (Å²) >= 11 is 0. The highest BCUT2D eigenvalue weighted by molar-refractivity contribution is 5.77. The van der Waals surface area contributed by atoms with E-state index in [4.69, 9.17) is 4.98 Å². The summed E-state index contributed by atoms with van der Waals surface area (Å²) in [6, 6.07) is 10.3. The molecule has 4 aromatic rings. The van der Waals surface area contributed by atoms with Gasteiger partial charge in [-0.3, -0.25) is 9.78 Å². The molecule has 8 nitrogen and oxygen atoms in total. The Kier molecular flexibility index (Phi) is 5.51. The molecule has 35 heavy (non-hydrogen) atoms. The predicted molar refractivity (Wildman–Crippen MR) is 140 cm³/mol. The zero-order chi connectivity index (χ0) is 25.0. The minimum absolute atomic E-state index is 0.0944. The molecule has 8 heteroatoms. The van der Waals surface area contributed by atoms with Gasteiger partial charge in [0.2, 0.25) is 5.95 Å². The Morgan fingerprint density at radius 1 is 1.14 bits per heavy atom. The number of hydrogen-bond acceptors (Lipinski definition) is 6. The van der Waals surface area contributed by atoms with Gasteiger partial charge in [-0.2, -0.15) is 4.98 Å². The summed E-state index contributed by atoms with van der Waals surface area (Å²) in [6.45, 7) is 15.2. The lowest BCUT2D eigenvalue weighted by Crippen LogP contribution is -2.38. The molecule has 0 saturated heterocycles. The van der Waals surface area contributed by atoms with Gasteiger partial charge in [0.1, 0.15) is 5.39 Å². The Morgan fingerprint density at radius 2 is 1.94 bits per heavy atom.